The summed E-state index contributed by atoms with van der Waals surface area (Å²) >= 11 is 0. The second-order valence-electron chi connectivity index (χ2n) is 6.54. The third kappa shape index (κ3) is 8.80. The Morgan fingerprint density at radius 2 is 2.14 bits per heavy atom. The van der Waals surface area contributed by atoms with Gasteiger partial charge in [0.25, 0.3) is 0 Å². The van der Waals surface area contributed by atoms with E-state index in [9.17, 15) is 17.6 Å². The van der Waals surface area contributed by atoms with Crippen LogP contribution in [0.3, 0.4) is 0 Å². The molecule has 10 heteroatoms. The molecule has 0 aliphatic carbocycles. The number of ether oxygens (including phenoxy) is 1. The molecule has 28 heavy (non-hydrogen) atoms. The first-order valence-electron chi connectivity index (χ1n) is 8.97. The van der Waals surface area contributed by atoms with Crippen LogP contribution in [0, 0.1) is 5.82 Å². The molecule has 0 bridgehead atoms. The molecule has 1 fully saturated rings. The molecule has 0 saturated carbocycles. The second kappa shape index (κ2) is 11.6. The number of hydrogen-bond acceptors (Lipinski definition) is 3. The molecule has 2 rings (SSSR count). The smallest absolute Gasteiger partial charge is 0.401 e. The van der Waals surface area contributed by atoms with Gasteiger partial charge in [-0.05, 0) is 25.0 Å². The molecule has 1 aliphatic heterocycles. The molecule has 1 aromatic rings. The normalized spacial score (nSPS) is 19.1. The maximum absolute atomic E-state index is 13.3. The molecular weight excluding hydrogens is 491 g/mol. The average molecular weight is 518 g/mol. The van der Waals surface area contributed by atoms with Crippen molar-refractivity contribution >= 4 is 29.9 Å². The van der Waals surface area contributed by atoms with E-state index in [4.69, 9.17) is 4.74 Å². The topological polar surface area (TPSA) is 48.9 Å². The van der Waals surface area contributed by atoms with E-state index in [2.05, 4.69) is 15.6 Å². The van der Waals surface area contributed by atoms with E-state index in [1.807, 2.05) is 6.92 Å². The number of hydrogen-bond donors (Lipinski definition) is 2. The van der Waals surface area contributed by atoms with Gasteiger partial charge in [-0.15, -0.1) is 24.0 Å². The molecule has 160 valence electrons. The second-order valence-corrected chi connectivity index (χ2v) is 6.54. The number of aliphatic imine (C=N–C) groups is 1. The van der Waals surface area contributed by atoms with Crippen LogP contribution < -0.4 is 15.4 Å². The van der Waals surface area contributed by atoms with Crippen molar-refractivity contribution in [3.63, 3.8) is 0 Å². The van der Waals surface area contributed by atoms with Crippen LogP contribution in [0.5, 0.6) is 5.75 Å². The van der Waals surface area contributed by atoms with Crippen LogP contribution in [0.15, 0.2) is 29.3 Å². The first-order chi connectivity index (χ1) is 12.8. The third-order valence-corrected chi connectivity index (χ3v) is 4.29. The van der Waals surface area contributed by atoms with Crippen molar-refractivity contribution < 1.29 is 22.3 Å². The Balaban J connectivity index is 0.00000392. The van der Waals surface area contributed by atoms with Gasteiger partial charge in [0.15, 0.2) is 5.96 Å². The summed E-state index contributed by atoms with van der Waals surface area (Å²) in [5.41, 5.74) is 0. The predicted molar refractivity (Wildman–Crippen MR) is 112 cm³/mol. The lowest BCUT2D eigenvalue weighted by atomic mass is 10.2. The highest BCUT2D eigenvalue weighted by molar-refractivity contribution is 14.0. The summed E-state index contributed by atoms with van der Waals surface area (Å²) in [5, 5.41) is 6.27. The van der Waals surface area contributed by atoms with Gasteiger partial charge in [0, 0.05) is 32.2 Å². The third-order valence-electron chi connectivity index (χ3n) is 4.29. The molecule has 1 aromatic carbocycles. The molecule has 2 atom stereocenters. The monoisotopic (exact) mass is 518 g/mol. The summed E-state index contributed by atoms with van der Waals surface area (Å²) in [7, 11) is 1.60. The molecule has 1 aliphatic rings. The minimum absolute atomic E-state index is 0. The Labute approximate surface area is 179 Å². The zero-order valence-electron chi connectivity index (χ0n) is 15.9. The zero-order chi connectivity index (χ0) is 19.9. The Kier molecular flexibility index (Phi) is 10.3. The fourth-order valence-corrected chi connectivity index (χ4v) is 2.95. The van der Waals surface area contributed by atoms with Gasteiger partial charge in [-0.25, -0.2) is 4.39 Å². The molecule has 0 amide bonds. The Hall–Kier alpha value is -1.30. The predicted octanol–water partition coefficient (Wildman–Crippen LogP) is 3.40. The molecule has 0 radical (unpaired) electrons. The summed E-state index contributed by atoms with van der Waals surface area (Å²) < 4.78 is 56.5. The van der Waals surface area contributed by atoms with E-state index in [-0.39, 0.29) is 41.9 Å². The fraction of sp³-hybridized carbons (Fsp3) is 0.611. The van der Waals surface area contributed by atoms with Crippen LogP contribution in [-0.2, 0) is 0 Å². The van der Waals surface area contributed by atoms with Crippen LogP contribution >= 0.6 is 24.0 Å². The van der Waals surface area contributed by atoms with Crippen LogP contribution in [0.1, 0.15) is 19.8 Å². The van der Waals surface area contributed by atoms with Crippen molar-refractivity contribution in [3.8, 4) is 5.75 Å². The number of rotatable bonds is 7. The van der Waals surface area contributed by atoms with Gasteiger partial charge >= 0.3 is 6.18 Å². The maximum atomic E-state index is 13.3. The van der Waals surface area contributed by atoms with Gasteiger partial charge in [0.05, 0.1) is 13.1 Å². The molecule has 1 heterocycles. The Morgan fingerprint density at radius 3 is 2.75 bits per heavy atom. The highest BCUT2D eigenvalue weighted by Crippen LogP contribution is 2.20. The summed E-state index contributed by atoms with van der Waals surface area (Å²) in [6, 6.07) is 5.85. The van der Waals surface area contributed by atoms with Gasteiger partial charge in [-0.1, -0.05) is 13.0 Å². The first-order valence-corrected chi connectivity index (χ1v) is 8.97. The van der Waals surface area contributed by atoms with Crippen LogP contribution in [-0.4, -0.2) is 62.4 Å². The van der Waals surface area contributed by atoms with Crippen molar-refractivity contribution in [1.29, 1.82) is 0 Å². The first kappa shape index (κ1) is 24.7. The van der Waals surface area contributed by atoms with E-state index in [1.165, 1.54) is 17.0 Å². The lowest BCUT2D eigenvalue weighted by Gasteiger charge is -2.22. The average Bonchev–Trinajstić information content (AvgIpc) is 3.02. The van der Waals surface area contributed by atoms with E-state index in [1.54, 1.807) is 19.2 Å². The SMILES string of the molecule is CCC(CNC(=NC)NC1CCN(CC(F)(F)F)C1)Oc1cccc(F)c1.I. The molecule has 0 spiro atoms. The summed E-state index contributed by atoms with van der Waals surface area (Å²) in [4.78, 5) is 5.50. The van der Waals surface area contributed by atoms with Gasteiger partial charge in [0.1, 0.15) is 17.7 Å². The van der Waals surface area contributed by atoms with Gasteiger partial charge < -0.3 is 15.4 Å². The van der Waals surface area contributed by atoms with Crippen molar-refractivity contribution in [3.05, 3.63) is 30.1 Å². The van der Waals surface area contributed by atoms with Gasteiger partial charge in [-0.2, -0.15) is 13.2 Å². The van der Waals surface area contributed by atoms with Crippen molar-refractivity contribution in [2.24, 2.45) is 4.99 Å². The van der Waals surface area contributed by atoms with Crippen LogP contribution in [0.25, 0.3) is 0 Å². The number of halogens is 5. The Bertz CT molecular complexity index is 630. The minimum Gasteiger partial charge on any atom is -0.489 e. The highest BCUT2D eigenvalue weighted by Gasteiger charge is 2.34. The number of alkyl halides is 3. The lowest BCUT2D eigenvalue weighted by Crippen LogP contribution is -2.47. The summed E-state index contributed by atoms with van der Waals surface area (Å²) in [5.74, 6) is 0.595. The molecule has 1 saturated heterocycles. The van der Waals surface area contributed by atoms with Gasteiger partial charge in [-0.3, -0.25) is 9.89 Å². The van der Waals surface area contributed by atoms with Crippen molar-refractivity contribution in [1.82, 2.24) is 15.5 Å². The van der Waals surface area contributed by atoms with Crippen molar-refractivity contribution in [2.45, 2.75) is 38.1 Å². The number of guanidine groups is 1. The van der Waals surface area contributed by atoms with Gasteiger partial charge in [0.2, 0.25) is 0 Å². The maximum Gasteiger partial charge on any atom is 0.401 e. The van der Waals surface area contributed by atoms with E-state index in [0.717, 1.165) is 0 Å². The number of benzene rings is 1. The highest BCUT2D eigenvalue weighted by atomic mass is 127. The largest absolute Gasteiger partial charge is 0.489 e. The number of nitrogens with zero attached hydrogens (tertiary/aromatic N) is 2. The summed E-state index contributed by atoms with van der Waals surface area (Å²) in [6.45, 7) is 2.21. The summed E-state index contributed by atoms with van der Waals surface area (Å²) in [6.07, 6.45) is -3.07. The minimum atomic E-state index is -4.18. The Morgan fingerprint density at radius 1 is 1.39 bits per heavy atom. The van der Waals surface area contributed by atoms with Crippen molar-refractivity contribution in [2.75, 3.05) is 33.2 Å². The molecular formula is C18H27F4IN4O. The van der Waals surface area contributed by atoms with Crippen LogP contribution in [0.4, 0.5) is 17.6 Å². The van der Waals surface area contributed by atoms with Crippen LogP contribution in [0.2, 0.25) is 0 Å². The fourth-order valence-electron chi connectivity index (χ4n) is 2.95. The molecule has 5 nitrogen and oxygen atoms in total. The lowest BCUT2D eigenvalue weighted by molar-refractivity contribution is -0.143. The quantitative estimate of drug-likeness (QED) is 0.252. The number of nitrogens with one attached hydrogen (secondary N) is 2. The van der Waals surface area contributed by atoms with E-state index >= 15 is 0 Å². The molecule has 2 N–H and O–H groups in total. The molecule has 0 aromatic heterocycles. The standard InChI is InChI=1S/C18H26F4N4O.HI/c1-3-15(27-16-6-4-5-13(19)9-16)10-24-17(23-2)25-14-7-8-26(11-14)12-18(20,21)22;/h4-6,9,14-15H,3,7-8,10-12H2,1-2H3,(H2,23,24,25);1H. The zero-order valence-corrected chi connectivity index (χ0v) is 18.3. The molecule has 2 unspecified atom stereocenters. The number of likely N-dealkylation sites (tertiary alicyclic amines) is 1. The van der Waals surface area contributed by atoms with E-state index in [0.29, 0.717) is 44.2 Å². The van der Waals surface area contributed by atoms with E-state index < -0.39 is 12.7 Å².